The Balaban J connectivity index is 1.48. The van der Waals surface area contributed by atoms with Gasteiger partial charge in [0.2, 0.25) is 0 Å². The zero-order valence-corrected chi connectivity index (χ0v) is 20.9. The second-order valence-electron chi connectivity index (χ2n) is 9.41. The van der Waals surface area contributed by atoms with Crippen molar-refractivity contribution in [3.05, 3.63) is 70.5 Å². The van der Waals surface area contributed by atoms with Gasteiger partial charge in [0.1, 0.15) is 0 Å². The molecule has 7 heteroatoms. The third-order valence-corrected chi connectivity index (χ3v) is 8.45. The normalized spacial score (nSPS) is 15.9. The summed E-state index contributed by atoms with van der Waals surface area (Å²) in [6.07, 6.45) is 6.67. The minimum Gasteiger partial charge on any atom is -0.312 e. The maximum Gasteiger partial charge on any atom is 0.261 e. The van der Waals surface area contributed by atoms with Gasteiger partial charge in [0, 0.05) is 19.2 Å². The smallest absolute Gasteiger partial charge is 0.261 e. The van der Waals surface area contributed by atoms with Crippen LogP contribution in [0.5, 0.6) is 0 Å². The van der Waals surface area contributed by atoms with Gasteiger partial charge >= 0.3 is 0 Å². The molecule has 1 heterocycles. The standard InChI is InChI=1S/C27H35N3O3S/c1-3-30-26-15-14-24(17-22(26)13-16-27(30)31)34(32,33)29-25-12-8-7-11-23(25)19-28-18-20(2)21-9-5-4-6-10-21/h7-8,11-17,20-21,28-29H,3-6,9-10,18-19H2,1-2H3. The number of fused-ring (bicyclic) bond motifs is 1. The summed E-state index contributed by atoms with van der Waals surface area (Å²) < 4.78 is 30.8. The van der Waals surface area contributed by atoms with Crippen molar-refractivity contribution in [3.8, 4) is 0 Å². The number of aromatic nitrogens is 1. The minimum absolute atomic E-state index is 0.0945. The number of nitrogens with one attached hydrogen (secondary N) is 2. The summed E-state index contributed by atoms with van der Waals surface area (Å²) in [4.78, 5) is 12.2. The molecule has 3 aromatic rings. The number of hydrogen-bond donors (Lipinski definition) is 2. The van der Waals surface area contributed by atoms with Crippen molar-refractivity contribution in [2.45, 2.75) is 63.9 Å². The topological polar surface area (TPSA) is 80.2 Å². The molecule has 1 aliphatic rings. The zero-order valence-electron chi connectivity index (χ0n) is 20.1. The summed E-state index contributed by atoms with van der Waals surface area (Å²) >= 11 is 0. The summed E-state index contributed by atoms with van der Waals surface area (Å²) in [5.74, 6) is 1.40. The molecule has 1 saturated carbocycles. The number of pyridine rings is 1. The van der Waals surface area contributed by atoms with E-state index in [-0.39, 0.29) is 10.5 Å². The summed E-state index contributed by atoms with van der Waals surface area (Å²) in [6, 6.07) is 15.6. The van der Waals surface area contributed by atoms with Crippen molar-refractivity contribution < 1.29 is 8.42 Å². The van der Waals surface area contributed by atoms with Gasteiger partial charge in [0.25, 0.3) is 15.6 Å². The van der Waals surface area contributed by atoms with Crippen molar-refractivity contribution in [2.75, 3.05) is 11.3 Å². The van der Waals surface area contributed by atoms with Crippen LogP contribution in [-0.2, 0) is 23.1 Å². The van der Waals surface area contributed by atoms with E-state index in [4.69, 9.17) is 0 Å². The summed E-state index contributed by atoms with van der Waals surface area (Å²) in [6.45, 7) is 6.27. The Morgan fingerprint density at radius 3 is 2.56 bits per heavy atom. The molecule has 1 unspecified atom stereocenters. The Morgan fingerprint density at radius 1 is 1.03 bits per heavy atom. The lowest BCUT2D eigenvalue weighted by Gasteiger charge is -2.28. The maximum absolute atomic E-state index is 13.2. The number of aryl methyl sites for hydroxylation is 1. The average molecular weight is 482 g/mol. The van der Waals surface area contributed by atoms with E-state index in [1.165, 1.54) is 38.2 Å². The highest BCUT2D eigenvalue weighted by Crippen LogP contribution is 2.29. The molecule has 0 radical (unpaired) electrons. The summed E-state index contributed by atoms with van der Waals surface area (Å²) in [5.41, 5.74) is 2.13. The second-order valence-corrected chi connectivity index (χ2v) is 11.1. The van der Waals surface area contributed by atoms with Gasteiger partial charge in [-0.15, -0.1) is 0 Å². The fourth-order valence-electron chi connectivity index (χ4n) is 5.06. The van der Waals surface area contributed by atoms with E-state index in [9.17, 15) is 13.2 Å². The number of anilines is 1. The van der Waals surface area contributed by atoms with Gasteiger partial charge in [-0.25, -0.2) is 8.42 Å². The van der Waals surface area contributed by atoms with Crippen LogP contribution < -0.4 is 15.6 Å². The van der Waals surface area contributed by atoms with Gasteiger partial charge in [-0.1, -0.05) is 57.2 Å². The number of nitrogens with zero attached hydrogens (tertiary/aromatic N) is 1. The lowest BCUT2D eigenvalue weighted by Crippen LogP contribution is -2.27. The van der Waals surface area contributed by atoms with E-state index in [1.807, 2.05) is 25.1 Å². The molecular weight excluding hydrogens is 446 g/mol. The molecule has 182 valence electrons. The van der Waals surface area contributed by atoms with E-state index in [0.717, 1.165) is 28.9 Å². The first kappa shape index (κ1) is 24.5. The Morgan fingerprint density at radius 2 is 1.79 bits per heavy atom. The van der Waals surface area contributed by atoms with Crippen molar-refractivity contribution in [1.29, 1.82) is 0 Å². The van der Waals surface area contributed by atoms with E-state index >= 15 is 0 Å². The van der Waals surface area contributed by atoms with Crippen molar-refractivity contribution in [3.63, 3.8) is 0 Å². The largest absolute Gasteiger partial charge is 0.312 e. The second kappa shape index (κ2) is 10.7. The fraction of sp³-hybridized carbons (Fsp3) is 0.444. The van der Waals surface area contributed by atoms with Gasteiger partial charge in [0.15, 0.2) is 0 Å². The molecule has 34 heavy (non-hydrogen) atoms. The lowest BCUT2D eigenvalue weighted by atomic mass is 9.81. The van der Waals surface area contributed by atoms with E-state index in [1.54, 1.807) is 34.9 Å². The number of para-hydroxylation sites is 1. The summed E-state index contributed by atoms with van der Waals surface area (Å²) in [5, 5.41) is 4.26. The Kier molecular flexibility index (Phi) is 7.73. The summed E-state index contributed by atoms with van der Waals surface area (Å²) in [7, 11) is -3.78. The molecule has 0 amide bonds. The van der Waals surface area contributed by atoms with Gasteiger partial charge < -0.3 is 9.88 Å². The molecule has 1 aliphatic carbocycles. The van der Waals surface area contributed by atoms with Crippen LogP contribution in [0.1, 0.15) is 51.5 Å². The van der Waals surface area contributed by atoms with E-state index < -0.39 is 10.0 Å². The van der Waals surface area contributed by atoms with Crippen LogP contribution in [0.2, 0.25) is 0 Å². The number of benzene rings is 2. The molecule has 1 atom stereocenters. The Labute approximate surface area is 202 Å². The molecule has 1 aromatic heterocycles. The van der Waals surface area contributed by atoms with Gasteiger partial charge in [-0.3, -0.25) is 9.52 Å². The van der Waals surface area contributed by atoms with Crippen LogP contribution >= 0.6 is 0 Å². The van der Waals surface area contributed by atoms with E-state index in [0.29, 0.717) is 24.7 Å². The molecule has 0 bridgehead atoms. The average Bonchev–Trinajstić information content (AvgIpc) is 2.85. The Hall–Kier alpha value is -2.64. The first-order valence-electron chi connectivity index (χ1n) is 12.3. The predicted molar refractivity (Wildman–Crippen MR) is 139 cm³/mol. The fourth-order valence-corrected chi connectivity index (χ4v) is 6.19. The Bertz CT molecular complexity index is 1290. The molecular formula is C27H35N3O3S. The third-order valence-electron chi connectivity index (χ3n) is 7.09. The quantitative estimate of drug-likeness (QED) is 0.444. The van der Waals surface area contributed by atoms with Crippen molar-refractivity contribution >= 4 is 26.6 Å². The van der Waals surface area contributed by atoms with Gasteiger partial charge in [-0.2, -0.15) is 0 Å². The number of hydrogen-bond acceptors (Lipinski definition) is 4. The van der Waals surface area contributed by atoms with E-state index in [2.05, 4.69) is 17.0 Å². The van der Waals surface area contributed by atoms with Crippen molar-refractivity contribution in [1.82, 2.24) is 9.88 Å². The molecule has 0 spiro atoms. The molecule has 0 saturated heterocycles. The lowest BCUT2D eigenvalue weighted by molar-refractivity contribution is 0.256. The molecule has 2 aromatic carbocycles. The van der Waals surface area contributed by atoms with Crippen LogP contribution in [-0.4, -0.2) is 19.5 Å². The first-order valence-corrected chi connectivity index (χ1v) is 13.8. The molecule has 6 nitrogen and oxygen atoms in total. The number of rotatable bonds is 9. The van der Waals surface area contributed by atoms with Crippen LogP contribution in [0.3, 0.4) is 0 Å². The number of sulfonamides is 1. The van der Waals surface area contributed by atoms with Crippen LogP contribution in [0, 0.1) is 11.8 Å². The van der Waals surface area contributed by atoms with Crippen molar-refractivity contribution in [2.24, 2.45) is 11.8 Å². The monoisotopic (exact) mass is 481 g/mol. The molecule has 0 aliphatic heterocycles. The molecule has 2 N–H and O–H groups in total. The zero-order chi connectivity index (χ0) is 24.1. The highest BCUT2D eigenvalue weighted by Gasteiger charge is 2.20. The molecule has 1 fully saturated rings. The van der Waals surface area contributed by atoms with Crippen LogP contribution in [0.15, 0.2) is 64.3 Å². The van der Waals surface area contributed by atoms with Gasteiger partial charge in [-0.05, 0) is 66.6 Å². The molecule has 4 rings (SSSR count). The highest BCUT2D eigenvalue weighted by atomic mass is 32.2. The maximum atomic E-state index is 13.2. The highest BCUT2D eigenvalue weighted by molar-refractivity contribution is 7.92. The predicted octanol–water partition coefficient (Wildman–Crippen LogP) is 5.13. The van der Waals surface area contributed by atoms with Crippen LogP contribution in [0.25, 0.3) is 10.9 Å². The van der Waals surface area contributed by atoms with Crippen LogP contribution in [0.4, 0.5) is 5.69 Å². The SMILES string of the molecule is CCn1c(=O)ccc2cc(S(=O)(=O)Nc3ccccc3CNCC(C)C3CCCCC3)ccc21. The van der Waals surface area contributed by atoms with Gasteiger partial charge in [0.05, 0.1) is 16.1 Å². The first-order chi connectivity index (χ1) is 16.4. The minimum atomic E-state index is -3.78. The third kappa shape index (κ3) is 5.53.